The van der Waals surface area contributed by atoms with Crippen molar-refractivity contribution in [2.45, 2.75) is 20.3 Å². The molecule has 1 nitrogen and oxygen atoms in total. The zero-order chi connectivity index (χ0) is 9.68. The highest BCUT2D eigenvalue weighted by Crippen LogP contribution is 2.23. The summed E-state index contributed by atoms with van der Waals surface area (Å²) in [5, 5.41) is 0. The molecule has 0 aliphatic rings. The molecule has 13 heavy (non-hydrogen) atoms. The van der Waals surface area contributed by atoms with Crippen LogP contribution in [0.3, 0.4) is 0 Å². The largest absolute Gasteiger partial charge is 0.496 e. The lowest BCUT2D eigenvalue weighted by molar-refractivity contribution is 0.413. The molecule has 0 saturated heterocycles. The highest BCUT2D eigenvalue weighted by Gasteiger charge is 2.02. The van der Waals surface area contributed by atoms with E-state index in [1.807, 2.05) is 25.1 Å². The molecule has 0 aliphatic carbocycles. The van der Waals surface area contributed by atoms with Gasteiger partial charge in [0, 0.05) is 5.56 Å². The Bertz CT molecular complexity index is 278. The lowest BCUT2D eigenvalue weighted by atomic mass is 10.0. The predicted molar refractivity (Wildman–Crippen MR) is 57.1 cm³/mol. The summed E-state index contributed by atoms with van der Waals surface area (Å²) in [4.78, 5) is 0. The average molecular weight is 176 g/mol. The molecule has 1 heteroatoms. The Labute approximate surface area is 80.0 Å². The van der Waals surface area contributed by atoms with Gasteiger partial charge >= 0.3 is 0 Å². The van der Waals surface area contributed by atoms with Gasteiger partial charge in [-0.05, 0) is 25.0 Å². The van der Waals surface area contributed by atoms with Crippen molar-refractivity contribution in [2.75, 3.05) is 7.11 Å². The first-order valence-electron chi connectivity index (χ1n) is 4.62. The molecule has 0 N–H and O–H groups in total. The first kappa shape index (κ1) is 9.85. The number of hydrogen-bond donors (Lipinski definition) is 0. The van der Waals surface area contributed by atoms with Gasteiger partial charge in [0.25, 0.3) is 0 Å². The number of aryl methyl sites for hydroxylation is 1. The second-order valence-corrected chi connectivity index (χ2v) is 2.89. The first-order chi connectivity index (χ1) is 6.33. The minimum atomic E-state index is 0.956. The highest BCUT2D eigenvalue weighted by molar-refractivity contribution is 5.61. The third kappa shape index (κ3) is 2.11. The lowest BCUT2D eigenvalue weighted by Gasteiger charge is -2.08. The van der Waals surface area contributed by atoms with Crippen molar-refractivity contribution in [3.8, 4) is 5.75 Å². The van der Waals surface area contributed by atoms with Crippen LogP contribution < -0.4 is 4.74 Å². The van der Waals surface area contributed by atoms with Crippen LogP contribution in [0.5, 0.6) is 5.75 Å². The van der Waals surface area contributed by atoms with Crippen molar-refractivity contribution in [1.29, 1.82) is 0 Å². The number of benzene rings is 1. The van der Waals surface area contributed by atoms with E-state index in [0.717, 1.165) is 12.2 Å². The van der Waals surface area contributed by atoms with E-state index < -0.39 is 0 Å². The third-order valence-corrected chi connectivity index (χ3v) is 2.09. The van der Waals surface area contributed by atoms with E-state index in [9.17, 15) is 0 Å². The van der Waals surface area contributed by atoms with Crippen LogP contribution in [0.15, 0.2) is 24.3 Å². The Balaban J connectivity index is 3.21. The zero-order valence-electron chi connectivity index (χ0n) is 8.50. The van der Waals surface area contributed by atoms with Gasteiger partial charge in [0.15, 0.2) is 0 Å². The standard InChI is InChI=1S/C12H16O/c1-4-7-11-10(5-2)8-6-9-12(11)13-3/h4,6-9H,5H2,1-3H3/b7-4-. The molecule has 0 bridgehead atoms. The van der Waals surface area contributed by atoms with Crippen molar-refractivity contribution < 1.29 is 4.74 Å². The zero-order valence-corrected chi connectivity index (χ0v) is 8.50. The molecule has 1 rings (SSSR count). The molecule has 0 aliphatic heterocycles. The topological polar surface area (TPSA) is 9.23 Å². The second kappa shape index (κ2) is 4.70. The fourth-order valence-electron chi connectivity index (χ4n) is 1.43. The first-order valence-corrected chi connectivity index (χ1v) is 4.62. The maximum absolute atomic E-state index is 5.29. The number of ether oxygens (including phenoxy) is 1. The molecule has 0 amide bonds. The third-order valence-electron chi connectivity index (χ3n) is 2.09. The van der Waals surface area contributed by atoms with Gasteiger partial charge in [0.05, 0.1) is 7.11 Å². The molecule has 70 valence electrons. The van der Waals surface area contributed by atoms with Gasteiger partial charge in [-0.2, -0.15) is 0 Å². The summed E-state index contributed by atoms with van der Waals surface area (Å²) in [6, 6.07) is 6.16. The summed E-state index contributed by atoms with van der Waals surface area (Å²) in [5.74, 6) is 0.956. The molecular weight excluding hydrogens is 160 g/mol. The summed E-state index contributed by atoms with van der Waals surface area (Å²) < 4.78 is 5.29. The van der Waals surface area contributed by atoms with Crippen LogP contribution >= 0.6 is 0 Å². The van der Waals surface area contributed by atoms with Gasteiger partial charge < -0.3 is 4.74 Å². The molecule has 1 aromatic carbocycles. The molecular formula is C12H16O. The fourth-order valence-corrected chi connectivity index (χ4v) is 1.43. The second-order valence-electron chi connectivity index (χ2n) is 2.89. The van der Waals surface area contributed by atoms with Crippen molar-refractivity contribution >= 4 is 6.08 Å². The molecule has 0 fully saturated rings. The fraction of sp³-hybridized carbons (Fsp3) is 0.333. The number of methoxy groups -OCH3 is 1. The molecule has 0 heterocycles. The number of allylic oxidation sites excluding steroid dienone is 1. The van der Waals surface area contributed by atoms with E-state index in [4.69, 9.17) is 4.74 Å². The molecule has 0 spiro atoms. The van der Waals surface area contributed by atoms with Gasteiger partial charge in [-0.25, -0.2) is 0 Å². The molecule has 0 saturated carbocycles. The Hall–Kier alpha value is -1.24. The normalized spacial score (nSPS) is 10.7. The molecule has 0 unspecified atom stereocenters. The average Bonchev–Trinajstić information content (AvgIpc) is 2.18. The maximum atomic E-state index is 5.29. The van der Waals surface area contributed by atoms with Crippen LogP contribution in [0.4, 0.5) is 0 Å². The Morgan fingerprint density at radius 1 is 1.38 bits per heavy atom. The van der Waals surface area contributed by atoms with Crippen molar-refractivity contribution in [1.82, 2.24) is 0 Å². The minimum Gasteiger partial charge on any atom is -0.496 e. The molecule has 0 atom stereocenters. The van der Waals surface area contributed by atoms with E-state index in [0.29, 0.717) is 0 Å². The van der Waals surface area contributed by atoms with Crippen molar-refractivity contribution in [3.63, 3.8) is 0 Å². The minimum absolute atomic E-state index is 0.956. The molecule has 0 radical (unpaired) electrons. The van der Waals surface area contributed by atoms with Gasteiger partial charge in [0.2, 0.25) is 0 Å². The molecule has 0 aromatic heterocycles. The highest BCUT2D eigenvalue weighted by atomic mass is 16.5. The van der Waals surface area contributed by atoms with Crippen LogP contribution in [0, 0.1) is 0 Å². The number of rotatable bonds is 3. The van der Waals surface area contributed by atoms with E-state index in [1.54, 1.807) is 7.11 Å². The van der Waals surface area contributed by atoms with Crippen LogP contribution in [0.1, 0.15) is 25.0 Å². The molecule has 1 aromatic rings. The Morgan fingerprint density at radius 3 is 2.69 bits per heavy atom. The van der Waals surface area contributed by atoms with Crippen molar-refractivity contribution in [2.24, 2.45) is 0 Å². The summed E-state index contributed by atoms with van der Waals surface area (Å²) in [5.41, 5.74) is 2.53. The Morgan fingerprint density at radius 2 is 2.15 bits per heavy atom. The predicted octanol–water partition coefficient (Wildman–Crippen LogP) is 3.29. The van der Waals surface area contributed by atoms with E-state index in [1.165, 1.54) is 11.1 Å². The van der Waals surface area contributed by atoms with Crippen LogP contribution in [0.2, 0.25) is 0 Å². The smallest absolute Gasteiger partial charge is 0.126 e. The van der Waals surface area contributed by atoms with Gasteiger partial charge in [-0.1, -0.05) is 31.2 Å². The monoisotopic (exact) mass is 176 g/mol. The van der Waals surface area contributed by atoms with E-state index in [2.05, 4.69) is 19.1 Å². The van der Waals surface area contributed by atoms with Crippen LogP contribution in [-0.4, -0.2) is 7.11 Å². The van der Waals surface area contributed by atoms with Gasteiger partial charge in [-0.15, -0.1) is 0 Å². The SMILES string of the molecule is C/C=C\c1c(CC)cccc1OC. The Kier molecular flexibility index (Phi) is 3.56. The maximum Gasteiger partial charge on any atom is 0.126 e. The van der Waals surface area contributed by atoms with Gasteiger partial charge in [0.1, 0.15) is 5.75 Å². The van der Waals surface area contributed by atoms with E-state index >= 15 is 0 Å². The van der Waals surface area contributed by atoms with Crippen LogP contribution in [0.25, 0.3) is 6.08 Å². The van der Waals surface area contributed by atoms with E-state index in [-0.39, 0.29) is 0 Å². The summed E-state index contributed by atoms with van der Waals surface area (Å²) >= 11 is 0. The quantitative estimate of drug-likeness (QED) is 0.686. The number of hydrogen-bond acceptors (Lipinski definition) is 1. The summed E-state index contributed by atoms with van der Waals surface area (Å²) in [7, 11) is 1.71. The summed E-state index contributed by atoms with van der Waals surface area (Å²) in [6.07, 6.45) is 5.17. The van der Waals surface area contributed by atoms with Crippen molar-refractivity contribution in [3.05, 3.63) is 35.4 Å². The van der Waals surface area contributed by atoms with Crippen LogP contribution in [-0.2, 0) is 6.42 Å². The lowest BCUT2D eigenvalue weighted by Crippen LogP contribution is -1.91. The van der Waals surface area contributed by atoms with Gasteiger partial charge in [-0.3, -0.25) is 0 Å². The summed E-state index contributed by atoms with van der Waals surface area (Å²) in [6.45, 7) is 4.17.